The van der Waals surface area contributed by atoms with Gasteiger partial charge in [0, 0.05) is 37.8 Å². The van der Waals surface area contributed by atoms with Crippen molar-refractivity contribution in [1.29, 1.82) is 0 Å². The molecule has 4 aromatic rings. The van der Waals surface area contributed by atoms with Crippen LogP contribution in [-0.2, 0) is 0 Å². The highest BCUT2D eigenvalue weighted by atomic mass is 35.5. The number of halogens is 4. The van der Waals surface area contributed by atoms with Crippen LogP contribution >= 0.6 is 11.6 Å². The molecular formula is C26H23ClF3N5O. The highest BCUT2D eigenvalue weighted by Crippen LogP contribution is 2.34. The van der Waals surface area contributed by atoms with Crippen LogP contribution in [0.4, 0.5) is 24.7 Å². The molecule has 1 fully saturated rings. The Kier molecular flexibility index (Phi) is 6.34. The number of amides is 1. The molecule has 0 spiro atoms. The van der Waals surface area contributed by atoms with E-state index in [1.54, 1.807) is 42.0 Å². The molecule has 186 valence electrons. The maximum atomic E-state index is 14.9. The third kappa shape index (κ3) is 4.28. The Hall–Kier alpha value is -3.59. The third-order valence-electron chi connectivity index (χ3n) is 6.42. The van der Waals surface area contributed by atoms with Gasteiger partial charge < -0.3 is 9.80 Å². The van der Waals surface area contributed by atoms with E-state index in [9.17, 15) is 18.0 Å². The number of para-hydroxylation sites is 1. The Morgan fingerprint density at radius 2 is 1.69 bits per heavy atom. The molecule has 0 radical (unpaired) electrons. The highest BCUT2D eigenvalue weighted by Gasteiger charge is 2.24. The van der Waals surface area contributed by atoms with Crippen molar-refractivity contribution in [3.63, 3.8) is 0 Å². The van der Waals surface area contributed by atoms with Gasteiger partial charge in [0.2, 0.25) is 0 Å². The predicted molar refractivity (Wildman–Crippen MR) is 132 cm³/mol. The van der Waals surface area contributed by atoms with E-state index in [-0.39, 0.29) is 28.5 Å². The summed E-state index contributed by atoms with van der Waals surface area (Å²) in [5.74, 6) is -2.17. The maximum absolute atomic E-state index is 14.9. The molecule has 5 rings (SSSR count). The van der Waals surface area contributed by atoms with E-state index < -0.39 is 22.5 Å². The van der Waals surface area contributed by atoms with Gasteiger partial charge >= 0.3 is 0 Å². The second-order valence-electron chi connectivity index (χ2n) is 8.87. The van der Waals surface area contributed by atoms with Gasteiger partial charge in [-0.05, 0) is 49.9 Å². The van der Waals surface area contributed by atoms with E-state index in [1.807, 2.05) is 0 Å². The van der Waals surface area contributed by atoms with Crippen LogP contribution in [0.5, 0.6) is 0 Å². The van der Waals surface area contributed by atoms with Crippen molar-refractivity contribution in [3.05, 3.63) is 76.2 Å². The average Bonchev–Trinajstić information content (AvgIpc) is 3.30. The van der Waals surface area contributed by atoms with E-state index in [0.717, 1.165) is 31.4 Å². The van der Waals surface area contributed by atoms with Crippen molar-refractivity contribution in [2.45, 2.75) is 26.2 Å². The van der Waals surface area contributed by atoms with Crippen LogP contribution in [0.1, 0.15) is 35.3 Å². The summed E-state index contributed by atoms with van der Waals surface area (Å²) in [6.07, 6.45) is 2.93. The lowest BCUT2D eigenvalue weighted by Crippen LogP contribution is -2.35. The van der Waals surface area contributed by atoms with Gasteiger partial charge in [0.15, 0.2) is 11.3 Å². The van der Waals surface area contributed by atoms with Crippen LogP contribution in [0.15, 0.2) is 42.5 Å². The number of nitrogens with zero attached hydrogens (tertiary/aromatic N) is 5. The van der Waals surface area contributed by atoms with Gasteiger partial charge in [-0.1, -0.05) is 23.7 Å². The van der Waals surface area contributed by atoms with E-state index in [0.29, 0.717) is 30.2 Å². The van der Waals surface area contributed by atoms with Gasteiger partial charge in [0.25, 0.3) is 5.91 Å². The molecule has 0 atom stereocenters. The number of anilines is 2. The van der Waals surface area contributed by atoms with Crippen molar-refractivity contribution < 1.29 is 18.0 Å². The minimum absolute atomic E-state index is 0.141. The molecule has 0 unspecified atom stereocenters. The summed E-state index contributed by atoms with van der Waals surface area (Å²) in [6, 6.07) is 9.97. The normalized spacial score (nSPS) is 13.9. The van der Waals surface area contributed by atoms with Crippen molar-refractivity contribution in [2.24, 2.45) is 0 Å². The Bertz CT molecular complexity index is 1440. The number of piperidine rings is 1. The number of hydrogen-bond acceptors (Lipinski definition) is 4. The van der Waals surface area contributed by atoms with E-state index in [4.69, 9.17) is 11.6 Å². The molecule has 3 heterocycles. The first-order valence-corrected chi connectivity index (χ1v) is 12.0. The quantitative estimate of drug-likeness (QED) is 0.306. The van der Waals surface area contributed by atoms with Crippen LogP contribution in [0.3, 0.4) is 0 Å². The number of carbonyl (C=O) groups excluding carboxylic acids is 1. The van der Waals surface area contributed by atoms with Crippen molar-refractivity contribution in [3.8, 4) is 11.3 Å². The zero-order valence-electron chi connectivity index (χ0n) is 19.7. The van der Waals surface area contributed by atoms with Crippen LogP contribution in [-0.4, -0.2) is 45.5 Å². The van der Waals surface area contributed by atoms with Crippen LogP contribution in [0.2, 0.25) is 5.02 Å². The van der Waals surface area contributed by atoms with E-state index >= 15 is 0 Å². The molecule has 0 aliphatic carbocycles. The first kappa shape index (κ1) is 24.1. The lowest BCUT2D eigenvalue weighted by atomic mass is 10.1. The molecule has 2 aromatic heterocycles. The number of hydrogen-bond donors (Lipinski definition) is 0. The molecule has 36 heavy (non-hydrogen) atoms. The van der Waals surface area contributed by atoms with Crippen molar-refractivity contribution >= 4 is 34.7 Å². The molecule has 10 heteroatoms. The highest BCUT2D eigenvalue weighted by molar-refractivity contribution is 6.31. The van der Waals surface area contributed by atoms with Gasteiger partial charge in [-0.2, -0.15) is 9.61 Å². The summed E-state index contributed by atoms with van der Waals surface area (Å²) >= 11 is 5.66. The molecule has 1 saturated heterocycles. The fourth-order valence-electron chi connectivity index (χ4n) is 4.57. The van der Waals surface area contributed by atoms with Gasteiger partial charge in [-0.3, -0.25) is 4.79 Å². The summed E-state index contributed by atoms with van der Waals surface area (Å²) in [4.78, 5) is 21.0. The van der Waals surface area contributed by atoms with Gasteiger partial charge in [-0.15, -0.1) is 0 Å². The van der Waals surface area contributed by atoms with Crippen LogP contribution < -0.4 is 4.90 Å². The Balaban J connectivity index is 1.70. The number of fused-ring (bicyclic) bond motifs is 1. The summed E-state index contributed by atoms with van der Waals surface area (Å²) in [5.41, 5.74) is 1.79. The number of benzene rings is 2. The second-order valence-corrected chi connectivity index (χ2v) is 9.25. The topological polar surface area (TPSA) is 53.7 Å². The molecular weight excluding hydrogens is 491 g/mol. The fraction of sp³-hybridized carbons (Fsp3) is 0.269. The largest absolute Gasteiger partial charge is 0.337 e. The minimum Gasteiger partial charge on any atom is -0.337 e. The summed E-state index contributed by atoms with van der Waals surface area (Å²) in [5, 5.41) is 3.89. The van der Waals surface area contributed by atoms with Gasteiger partial charge in [-0.25, -0.2) is 18.2 Å². The van der Waals surface area contributed by atoms with E-state index in [1.165, 1.54) is 16.6 Å². The Morgan fingerprint density at radius 3 is 2.36 bits per heavy atom. The Labute approximate surface area is 210 Å². The molecule has 0 bridgehead atoms. The Morgan fingerprint density at radius 1 is 1.00 bits per heavy atom. The smallest absolute Gasteiger partial charge is 0.274 e. The SMILES string of the molecule is Cc1cccc(F)c1N(C)c1cc(-c2cc(F)c(Cl)c(F)c2)nc2cc(C(=O)N3CCCCC3)nn12. The minimum atomic E-state index is -0.928. The summed E-state index contributed by atoms with van der Waals surface area (Å²) < 4.78 is 44.8. The molecule has 1 aliphatic rings. The molecule has 1 aliphatic heterocycles. The van der Waals surface area contributed by atoms with E-state index in [2.05, 4.69) is 10.1 Å². The molecule has 0 saturated carbocycles. The van der Waals surface area contributed by atoms with Crippen molar-refractivity contribution in [1.82, 2.24) is 19.5 Å². The molecule has 2 aromatic carbocycles. The molecule has 0 N–H and O–H groups in total. The predicted octanol–water partition coefficient (Wildman–Crippen LogP) is 6.17. The lowest BCUT2D eigenvalue weighted by molar-refractivity contribution is 0.0718. The first-order valence-electron chi connectivity index (χ1n) is 11.6. The maximum Gasteiger partial charge on any atom is 0.274 e. The zero-order chi connectivity index (χ0) is 25.6. The number of rotatable bonds is 4. The summed E-state index contributed by atoms with van der Waals surface area (Å²) in [7, 11) is 1.65. The molecule has 1 amide bonds. The first-order chi connectivity index (χ1) is 17.2. The zero-order valence-corrected chi connectivity index (χ0v) is 20.5. The van der Waals surface area contributed by atoms with Gasteiger partial charge in [0.05, 0.1) is 11.4 Å². The average molecular weight is 514 g/mol. The van der Waals surface area contributed by atoms with Crippen molar-refractivity contribution in [2.75, 3.05) is 25.0 Å². The number of likely N-dealkylation sites (tertiary alicyclic amines) is 1. The number of aryl methyl sites for hydroxylation is 1. The fourth-order valence-corrected chi connectivity index (χ4v) is 4.68. The van der Waals surface area contributed by atoms with Crippen LogP contribution in [0, 0.1) is 24.4 Å². The number of aromatic nitrogens is 3. The standard InChI is InChI=1S/C26H23ClF3N5O/c1-15-7-6-8-17(28)25(15)33(2)23-14-20(16-11-18(29)24(27)19(30)12-16)31-22-13-21(32-35(22)23)26(36)34-9-4-3-5-10-34/h6-8,11-14H,3-5,9-10H2,1-2H3. The monoisotopic (exact) mass is 513 g/mol. The summed E-state index contributed by atoms with van der Waals surface area (Å²) in [6.45, 7) is 3.07. The molecule has 6 nitrogen and oxygen atoms in total. The number of carbonyl (C=O) groups is 1. The lowest BCUT2D eigenvalue weighted by Gasteiger charge is -2.25. The van der Waals surface area contributed by atoms with Crippen LogP contribution in [0.25, 0.3) is 16.9 Å². The third-order valence-corrected chi connectivity index (χ3v) is 6.78. The van der Waals surface area contributed by atoms with Gasteiger partial charge in [0.1, 0.15) is 28.3 Å². The second kappa shape index (κ2) is 9.46.